The lowest BCUT2D eigenvalue weighted by atomic mass is 9.86. The third kappa shape index (κ3) is 4.66. The molecule has 0 bridgehead atoms. The third-order valence-electron chi connectivity index (χ3n) is 4.11. The van der Waals surface area contributed by atoms with E-state index in [4.69, 9.17) is 14.2 Å². The first kappa shape index (κ1) is 19.6. The van der Waals surface area contributed by atoms with Crippen molar-refractivity contribution in [2.75, 3.05) is 20.8 Å². The lowest BCUT2D eigenvalue weighted by molar-refractivity contribution is -0.150. The van der Waals surface area contributed by atoms with Crippen LogP contribution in [0.25, 0.3) is 5.57 Å². The molecular formula is C22H26O4. The highest BCUT2D eigenvalue weighted by atomic mass is 16.5. The summed E-state index contributed by atoms with van der Waals surface area (Å²) in [6.45, 7) is 5.89. The Kier molecular flexibility index (Phi) is 6.45. The summed E-state index contributed by atoms with van der Waals surface area (Å²) in [4.78, 5) is 12.4. The molecule has 4 heteroatoms. The summed E-state index contributed by atoms with van der Waals surface area (Å²) in [7, 11) is 3.28. The van der Waals surface area contributed by atoms with Gasteiger partial charge in [0.05, 0.1) is 26.2 Å². The van der Waals surface area contributed by atoms with E-state index in [1.165, 1.54) is 0 Å². The molecule has 0 amide bonds. The fourth-order valence-corrected chi connectivity index (χ4v) is 2.61. The first-order chi connectivity index (χ1) is 12.4. The zero-order chi connectivity index (χ0) is 19.2. The summed E-state index contributed by atoms with van der Waals surface area (Å²) in [5.41, 5.74) is 2.18. The second-order valence-corrected chi connectivity index (χ2v) is 6.46. The van der Waals surface area contributed by atoms with Crippen LogP contribution in [-0.4, -0.2) is 26.8 Å². The van der Waals surface area contributed by atoms with Crippen LogP contribution in [0.5, 0.6) is 11.5 Å². The highest BCUT2D eigenvalue weighted by Gasteiger charge is 2.28. The Hall–Kier alpha value is -2.75. The molecule has 0 fully saturated rings. The molecule has 0 spiro atoms. The number of ether oxygens (including phenoxy) is 3. The zero-order valence-corrected chi connectivity index (χ0v) is 16.0. The van der Waals surface area contributed by atoms with Crippen molar-refractivity contribution in [3.05, 3.63) is 65.7 Å². The van der Waals surface area contributed by atoms with Gasteiger partial charge in [0, 0.05) is 0 Å². The van der Waals surface area contributed by atoms with Crippen LogP contribution in [-0.2, 0) is 9.53 Å². The molecule has 0 aliphatic rings. The molecule has 2 aromatic rings. The number of hydrogen-bond acceptors (Lipinski definition) is 4. The summed E-state index contributed by atoms with van der Waals surface area (Å²) in [5, 5.41) is 0. The van der Waals surface area contributed by atoms with Crippen molar-refractivity contribution in [2.24, 2.45) is 5.41 Å². The van der Waals surface area contributed by atoms with Crippen LogP contribution in [0.1, 0.15) is 31.9 Å². The molecule has 0 N–H and O–H groups in total. The van der Waals surface area contributed by atoms with E-state index in [1.807, 2.05) is 75.4 Å². The smallest absolute Gasteiger partial charge is 0.315 e. The number of benzene rings is 2. The summed E-state index contributed by atoms with van der Waals surface area (Å²) >= 11 is 0. The van der Waals surface area contributed by atoms with E-state index in [0.717, 1.165) is 28.2 Å². The molecule has 4 nitrogen and oxygen atoms in total. The maximum Gasteiger partial charge on any atom is 0.315 e. The van der Waals surface area contributed by atoms with E-state index >= 15 is 0 Å². The molecule has 0 atom stereocenters. The van der Waals surface area contributed by atoms with Crippen molar-refractivity contribution in [2.45, 2.75) is 20.8 Å². The van der Waals surface area contributed by atoms with Crippen molar-refractivity contribution in [1.82, 2.24) is 0 Å². The maximum absolute atomic E-state index is 12.4. The molecule has 26 heavy (non-hydrogen) atoms. The van der Waals surface area contributed by atoms with Crippen molar-refractivity contribution >= 4 is 11.5 Å². The molecular weight excluding hydrogens is 328 g/mol. The Bertz CT molecular complexity index is 706. The topological polar surface area (TPSA) is 44.8 Å². The summed E-state index contributed by atoms with van der Waals surface area (Å²) in [5.74, 6) is 1.32. The molecule has 0 radical (unpaired) electrons. The largest absolute Gasteiger partial charge is 0.497 e. The molecule has 2 rings (SSSR count). The van der Waals surface area contributed by atoms with Crippen LogP contribution < -0.4 is 9.47 Å². The third-order valence-corrected chi connectivity index (χ3v) is 4.11. The molecule has 138 valence electrons. The molecule has 0 saturated carbocycles. The lowest BCUT2D eigenvalue weighted by Crippen LogP contribution is -2.25. The fraction of sp³-hybridized carbons (Fsp3) is 0.318. The first-order valence-corrected chi connectivity index (χ1v) is 8.60. The lowest BCUT2D eigenvalue weighted by Gasteiger charge is -2.21. The average molecular weight is 354 g/mol. The standard InChI is InChI=1S/C22H26O4/c1-6-26-21(23)22(2,3)15-20(16-7-11-18(24-4)12-8-16)17-9-13-19(25-5)14-10-17/h7-15H,6H2,1-5H3. The average Bonchev–Trinajstić information content (AvgIpc) is 2.66. The maximum atomic E-state index is 12.4. The Balaban J connectivity index is 2.52. The van der Waals surface area contributed by atoms with Gasteiger partial charge in [-0.1, -0.05) is 30.3 Å². The van der Waals surface area contributed by atoms with Crippen molar-refractivity contribution < 1.29 is 19.0 Å². The summed E-state index contributed by atoms with van der Waals surface area (Å²) in [6, 6.07) is 15.6. The number of carbonyl (C=O) groups excluding carboxylic acids is 1. The van der Waals surface area contributed by atoms with Gasteiger partial charge in [-0.2, -0.15) is 0 Å². The van der Waals surface area contributed by atoms with Gasteiger partial charge < -0.3 is 14.2 Å². The number of methoxy groups -OCH3 is 2. The van der Waals surface area contributed by atoms with Crippen molar-refractivity contribution in [3.8, 4) is 11.5 Å². The molecule has 0 unspecified atom stereocenters. The van der Waals surface area contributed by atoms with E-state index < -0.39 is 5.41 Å². The van der Waals surface area contributed by atoms with Crippen LogP contribution in [0, 0.1) is 5.41 Å². The Morgan fingerprint density at radius 3 is 1.65 bits per heavy atom. The van der Waals surface area contributed by atoms with Crippen molar-refractivity contribution in [3.63, 3.8) is 0 Å². The van der Waals surface area contributed by atoms with E-state index in [2.05, 4.69) is 0 Å². The van der Waals surface area contributed by atoms with Gasteiger partial charge in [0.25, 0.3) is 0 Å². The number of hydrogen-bond donors (Lipinski definition) is 0. The molecule has 0 aromatic heterocycles. The normalized spacial score (nSPS) is 10.8. The molecule has 2 aromatic carbocycles. The van der Waals surface area contributed by atoms with Gasteiger partial charge in [0.1, 0.15) is 11.5 Å². The van der Waals surface area contributed by atoms with Crippen LogP contribution in [0.3, 0.4) is 0 Å². The van der Waals surface area contributed by atoms with Gasteiger partial charge in [-0.25, -0.2) is 0 Å². The Morgan fingerprint density at radius 1 is 0.885 bits per heavy atom. The van der Waals surface area contributed by atoms with Crippen LogP contribution in [0.2, 0.25) is 0 Å². The van der Waals surface area contributed by atoms with Gasteiger partial charge in [0.2, 0.25) is 0 Å². The van der Waals surface area contributed by atoms with Crippen LogP contribution in [0.4, 0.5) is 0 Å². The van der Waals surface area contributed by atoms with Gasteiger partial charge in [-0.15, -0.1) is 0 Å². The van der Waals surface area contributed by atoms with Crippen LogP contribution >= 0.6 is 0 Å². The van der Waals surface area contributed by atoms with E-state index in [9.17, 15) is 4.79 Å². The monoisotopic (exact) mass is 354 g/mol. The minimum absolute atomic E-state index is 0.250. The second-order valence-electron chi connectivity index (χ2n) is 6.46. The fourth-order valence-electron chi connectivity index (χ4n) is 2.61. The summed E-state index contributed by atoms with van der Waals surface area (Å²) in [6.07, 6.45) is 1.95. The number of rotatable bonds is 7. The number of esters is 1. The van der Waals surface area contributed by atoms with Gasteiger partial charge in [0.15, 0.2) is 0 Å². The highest BCUT2D eigenvalue weighted by molar-refractivity contribution is 5.86. The predicted octanol–water partition coefficient (Wildman–Crippen LogP) is 4.72. The molecule has 0 saturated heterocycles. The zero-order valence-electron chi connectivity index (χ0n) is 16.0. The molecule has 0 aliphatic heterocycles. The highest BCUT2D eigenvalue weighted by Crippen LogP contribution is 2.32. The van der Waals surface area contributed by atoms with Gasteiger partial charge in [-0.3, -0.25) is 4.79 Å². The first-order valence-electron chi connectivity index (χ1n) is 8.60. The number of carbonyl (C=O) groups is 1. The van der Waals surface area contributed by atoms with E-state index in [0.29, 0.717) is 6.61 Å². The summed E-state index contributed by atoms with van der Waals surface area (Å²) < 4.78 is 15.7. The predicted molar refractivity (Wildman–Crippen MR) is 103 cm³/mol. The molecule has 0 heterocycles. The minimum Gasteiger partial charge on any atom is -0.497 e. The van der Waals surface area contributed by atoms with E-state index in [1.54, 1.807) is 14.2 Å². The molecule has 0 aliphatic carbocycles. The van der Waals surface area contributed by atoms with Gasteiger partial charge >= 0.3 is 5.97 Å². The van der Waals surface area contributed by atoms with Crippen LogP contribution in [0.15, 0.2) is 54.6 Å². The van der Waals surface area contributed by atoms with Crippen molar-refractivity contribution in [1.29, 1.82) is 0 Å². The van der Waals surface area contributed by atoms with E-state index in [-0.39, 0.29) is 5.97 Å². The Labute approximate surface area is 155 Å². The SMILES string of the molecule is CCOC(=O)C(C)(C)C=C(c1ccc(OC)cc1)c1ccc(OC)cc1. The second kappa shape index (κ2) is 8.56. The Morgan fingerprint density at radius 2 is 1.31 bits per heavy atom. The quantitative estimate of drug-likeness (QED) is 0.675. The van der Waals surface area contributed by atoms with Gasteiger partial charge in [-0.05, 0) is 61.7 Å². The minimum atomic E-state index is -0.759.